The number of halogens is 3. The van der Waals surface area contributed by atoms with Gasteiger partial charge in [-0.25, -0.2) is 22.6 Å². The molecule has 0 atom stereocenters. The van der Waals surface area contributed by atoms with E-state index in [1.54, 1.807) is 12.1 Å². The highest BCUT2D eigenvalue weighted by atomic mass is 19.2. The topological polar surface area (TPSA) is 68.0 Å². The van der Waals surface area contributed by atoms with Gasteiger partial charge in [-0.1, -0.05) is 0 Å². The van der Waals surface area contributed by atoms with Crippen molar-refractivity contribution in [3.63, 3.8) is 0 Å². The summed E-state index contributed by atoms with van der Waals surface area (Å²) >= 11 is 0. The number of carbonyl (C=O) groups is 1. The largest absolute Gasteiger partial charge is 0.476 e. The Bertz CT molecular complexity index is 871. The molecule has 116 valence electrons. The van der Waals surface area contributed by atoms with Crippen molar-refractivity contribution < 1.29 is 23.1 Å². The van der Waals surface area contributed by atoms with Crippen LogP contribution in [0.4, 0.5) is 13.2 Å². The summed E-state index contributed by atoms with van der Waals surface area (Å²) in [7, 11) is 0. The van der Waals surface area contributed by atoms with Gasteiger partial charge in [0, 0.05) is 30.1 Å². The fourth-order valence-corrected chi connectivity index (χ4v) is 2.08. The number of carboxylic acids is 1. The second-order valence-electron chi connectivity index (χ2n) is 4.59. The van der Waals surface area contributed by atoms with E-state index in [2.05, 4.69) is 10.1 Å². The third-order valence-electron chi connectivity index (χ3n) is 3.12. The molecule has 2 heterocycles. The van der Waals surface area contributed by atoms with Crippen molar-refractivity contribution in [3.8, 4) is 16.9 Å². The van der Waals surface area contributed by atoms with Crippen LogP contribution >= 0.6 is 0 Å². The predicted molar refractivity (Wildman–Crippen MR) is 73.6 cm³/mol. The minimum absolute atomic E-state index is 0.138. The molecular formula is C15H8F3N3O2. The molecule has 0 fully saturated rings. The van der Waals surface area contributed by atoms with Crippen LogP contribution in [0.15, 0.2) is 42.7 Å². The number of hydrogen-bond acceptors (Lipinski definition) is 3. The Hall–Kier alpha value is -3.16. The first-order valence-corrected chi connectivity index (χ1v) is 6.36. The number of aromatic carboxylic acids is 1. The van der Waals surface area contributed by atoms with Gasteiger partial charge < -0.3 is 5.11 Å². The molecule has 0 radical (unpaired) electrons. The zero-order chi connectivity index (χ0) is 16.6. The zero-order valence-electron chi connectivity index (χ0n) is 11.4. The highest BCUT2D eigenvalue weighted by Gasteiger charge is 2.18. The molecule has 0 aliphatic heterocycles. The normalized spacial score (nSPS) is 10.7. The van der Waals surface area contributed by atoms with Crippen molar-refractivity contribution in [2.45, 2.75) is 0 Å². The van der Waals surface area contributed by atoms with E-state index in [9.17, 15) is 18.0 Å². The summed E-state index contributed by atoms with van der Waals surface area (Å²) in [5.74, 6) is -5.70. The molecule has 8 heteroatoms. The van der Waals surface area contributed by atoms with Gasteiger partial charge in [0.2, 0.25) is 0 Å². The molecular weight excluding hydrogens is 311 g/mol. The molecule has 3 aromatic rings. The van der Waals surface area contributed by atoms with Crippen LogP contribution in [0, 0.1) is 17.5 Å². The summed E-state index contributed by atoms with van der Waals surface area (Å²) in [5, 5.41) is 12.9. The summed E-state index contributed by atoms with van der Waals surface area (Å²) in [5.41, 5.74) is 0.350. The highest BCUT2D eigenvalue weighted by molar-refractivity contribution is 5.87. The Morgan fingerprint density at radius 2 is 1.65 bits per heavy atom. The van der Waals surface area contributed by atoms with Crippen molar-refractivity contribution in [1.82, 2.24) is 14.8 Å². The summed E-state index contributed by atoms with van der Waals surface area (Å²) in [6, 6.07) is 5.88. The molecule has 0 aliphatic rings. The lowest BCUT2D eigenvalue weighted by atomic mass is 10.2. The van der Waals surface area contributed by atoms with E-state index in [0.717, 1.165) is 16.8 Å². The fourth-order valence-electron chi connectivity index (χ4n) is 2.08. The maximum Gasteiger partial charge on any atom is 0.356 e. The third-order valence-corrected chi connectivity index (χ3v) is 3.12. The van der Waals surface area contributed by atoms with E-state index in [-0.39, 0.29) is 17.1 Å². The molecule has 0 bridgehead atoms. The smallest absolute Gasteiger partial charge is 0.356 e. The van der Waals surface area contributed by atoms with Crippen molar-refractivity contribution in [3.05, 3.63) is 65.9 Å². The van der Waals surface area contributed by atoms with E-state index in [1.807, 2.05) is 0 Å². The molecule has 0 saturated carbocycles. The van der Waals surface area contributed by atoms with Crippen molar-refractivity contribution >= 4 is 5.97 Å². The van der Waals surface area contributed by atoms with Gasteiger partial charge in [-0.2, -0.15) is 5.10 Å². The third kappa shape index (κ3) is 2.66. The lowest BCUT2D eigenvalue weighted by Crippen LogP contribution is -2.04. The Morgan fingerprint density at radius 3 is 2.22 bits per heavy atom. The van der Waals surface area contributed by atoms with Crippen LogP contribution in [0.1, 0.15) is 10.5 Å². The van der Waals surface area contributed by atoms with Gasteiger partial charge in [0.05, 0.1) is 11.4 Å². The van der Waals surface area contributed by atoms with E-state index in [1.165, 1.54) is 18.5 Å². The first-order valence-electron chi connectivity index (χ1n) is 6.36. The lowest BCUT2D eigenvalue weighted by Gasteiger charge is -2.08. The summed E-state index contributed by atoms with van der Waals surface area (Å²) in [4.78, 5) is 15.0. The maximum atomic E-state index is 13.4. The van der Waals surface area contributed by atoms with Crippen LogP contribution in [-0.4, -0.2) is 25.8 Å². The SMILES string of the molecule is O=C(O)c1cc(-c2ccncc2)n(-c2cc(F)c(F)c(F)c2)n1. The predicted octanol–water partition coefficient (Wildman–Crippen LogP) is 3.05. The van der Waals surface area contributed by atoms with Gasteiger partial charge in [0.15, 0.2) is 23.1 Å². The number of aromatic nitrogens is 3. The molecule has 1 N–H and O–H groups in total. The fraction of sp³-hybridized carbons (Fsp3) is 0. The standard InChI is InChI=1S/C15H8F3N3O2/c16-10-5-9(6-11(17)14(10)18)21-13(7-12(20-21)15(22)23)8-1-3-19-4-2-8/h1-7H,(H,22,23). The average molecular weight is 319 g/mol. The minimum Gasteiger partial charge on any atom is -0.476 e. The number of benzene rings is 1. The Morgan fingerprint density at radius 1 is 1.04 bits per heavy atom. The number of pyridine rings is 1. The monoisotopic (exact) mass is 319 g/mol. The Balaban J connectivity index is 2.24. The molecule has 2 aromatic heterocycles. The molecule has 0 unspecified atom stereocenters. The molecule has 0 saturated heterocycles. The van der Waals surface area contributed by atoms with Gasteiger partial charge in [0.1, 0.15) is 0 Å². The summed E-state index contributed by atoms with van der Waals surface area (Å²) in [6.07, 6.45) is 2.94. The van der Waals surface area contributed by atoms with Crippen LogP contribution in [0.25, 0.3) is 16.9 Å². The molecule has 3 rings (SSSR count). The quantitative estimate of drug-likeness (QED) is 0.753. The number of rotatable bonds is 3. The average Bonchev–Trinajstić information content (AvgIpc) is 2.98. The minimum atomic E-state index is -1.61. The second-order valence-corrected chi connectivity index (χ2v) is 4.59. The molecule has 0 aliphatic carbocycles. The summed E-state index contributed by atoms with van der Waals surface area (Å²) < 4.78 is 41.0. The van der Waals surface area contributed by atoms with Crippen LogP contribution in [0.2, 0.25) is 0 Å². The molecule has 0 spiro atoms. The van der Waals surface area contributed by atoms with Crippen LogP contribution < -0.4 is 0 Å². The molecule has 23 heavy (non-hydrogen) atoms. The molecule has 1 aromatic carbocycles. The van der Waals surface area contributed by atoms with E-state index >= 15 is 0 Å². The number of carboxylic acid groups (broad SMARTS) is 1. The van der Waals surface area contributed by atoms with Crippen molar-refractivity contribution in [1.29, 1.82) is 0 Å². The summed E-state index contributed by atoms with van der Waals surface area (Å²) in [6.45, 7) is 0. The van der Waals surface area contributed by atoms with Crippen LogP contribution in [0.3, 0.4) is 0 Å². The molecule has 0 amide bonds. The van der Waals surface area contributed by atoms with Gasteiger partial charge in [-0.05, 0) is 18.2 Å². The van der Waals surface area contributed by atoms with Crippen molar-refractivity contribution in [2.75, 3.05) is 0 Å². The first kappa shape index (κ1) is 14.8. The van der Waals surface area contributed by atoms with Gasteiger partial charge in [-0.3, -0.25) is 4.98 Å². The number of nitrogens with zero attached hydrogens (tertiary/aromatic N) is 3. The van der Waals surface area contributed by atoms with E-state index in [4.69, 9.17) is 5.11 Å². The van der Waals surface area contributed by atoms with Crippen LogP contribution in [-0.2, 0) is 0 Å². The number of hydrogen-bond donors (Lipinski definition) is 1. The lowest BCUT2D eigenvalue weighted by molar-refractivity contribution is 0.0690. The van der Waals surface area contributed by atoms with Gasteiger partial charge in [0.25, 0.3) is 0 Å². The van der Waals surface area contributed by atoms with Crippen molar-refractivity contribution in [2.24, 2.45) is 0 Å². The second kappa shape index (κ2) is 5.56. The highest BCUT2D eigenvalue weighted by Crippen LogP contribution is 2.25. The Labute approximate surface area is 127 Å². The Kier molecular flexibility index (Phi) is 3.57. The van der Waals surface area contributed by atoms with E-state index < -0.39 is 23.4 Å². The van der Waals surface area contributed by atoms with E-state index in [0.29, 0.717) is 5.56 Å². The van der Waals surface area contributed by atoms with Gasteiger partial charge >= 0.3 is 5.97 Å². The zero-order valence-corrected chi connectivity index (χ0v) is 11.4. The van der Waals surface area contributed by atoms with Crippen LogP contribution in [0.5, 0.6) is 0 Å². The first-order chi connectivity index (χ1) is 11.0. The maximum absolute atomic E-state index is 13.4. The molecule has 5 nitrogen and oxygen atoms in total. The van der Waals surface area contributed by atoms with Gasteiger partial charge in [-0.15, -0.1) is 0 Å².